The first kappa shape index (κ1) is 19.2. The van der Waals surface area contributed by atoms with Crippen LogP contribution in [0.1, 0.15) is 48.5 Å². The lowest BCUT2D eigenvalue weighted by Crippen LogP contribution is -2.09. The standard InChI is InChI=1S/C21H22O5/c1-11-10-16(20(26-5)14(4)18(11)21(24)25)17(22)7-6-15-8-12(2)19(23)13(3)9-15/h6-10,23H,1-5H3,(H,24,25). The van der Waals surface area contributed by atoms with Crippen molar-refractivity contribution in [1.29, 1.82) is 0 Å². The third-order valence-corrected chi connectivity index (χ3v) is 4.34. The quantitative estimate of drug-likeness (QED) is 0.620. The van der Waals surface area contributed by atoms with Crippen LogP contribution >= 0.6 is 0 Å². The number of carbonyl (C=O) groups is 2. The summed E-state index contributed by atoms with van der Waals surface area (Å²) in [5, 5.41) is 19.2. The summed E-state index contributed by atoms with van der Waals surface area (Å²) in [5.41, 5.74) is 3.64. The lowest BCUT2D eigenvalue weighted by molar-refractivity contribution is 0.0694. The van der Waals surface area contributed by atoms with Crippen molar-refractivity contribution < 1.29 is 24.5 Å². The second kappa shape index (κ2) is 7.44. The van der Waals surface area contributed by atoms with E-state index in [2.05, 4.69) is 0 Å². The fourth-order valence-electron chi connectivity index (χ4n) is 3.09. The number of hydrogen-bond acceptors (Lipinski definition) is 4. The number of benzene rings is 2. The molecule has 5 nitrogen and oxygen atoms in total. The third kappa shape index (κ3) is 3.61. The molecule has 0 aliphatic heterocycles. The molecule has 2 aromatic carbocycles. The number of phenols is 1. The molecule has 0 aromatic heterocycles. The number of aromatic hydroxyl groups is 1. The van der Waals surface area contributed by atoms with Gasteiger partial charge >= 0.3 is 5.97 Å². The van der Waals surface area contributed by atoms with Crippen LogP contribution in [0.2, 0.25) is 0 Å². The van der Waals surface area contributed by atoms with Crippen molar-refractivity contribution >= 4 is 17.8 Å². The minimum absolute atomic E-state index is 0.146. The minimum atomic E-state index is -1.05. The predicted molar refractivity (Wildman–Crippen MR) is 100 cm³/mol. The van der Waals surface area contributed by atoms with Crippen LogP contribution < -0.4 is 4.74 Å². The zero-order chi connectivity index (χ0) is 19.6. The van der Waals surface area contributed by atoms with Gasteiger partial charge in [-0.25, -0.2) is 4.79 Å². The molecule has 0 radical (unpaired) electrons. The maximum atomic E-state index is 12.7. The van der Waals surface area contributed by atoms with Gasteiger partial charge in [0.25, 0.3) is 0 Å². The molecule has 2 aromatic rings. The van der Waals surface area contributed by atoms with Gasteiger partial charge in [-0.15, -0.1) is 0 Å². The number of methoxy groups -OCH3 is 1. The highest BCUT2D eigenvalue weighted by atomic mass is 16.5. The maximum Gasteiger partial charge on any atom is 0.336 e. The molecule has 0 bridgehead atoms. The second-order valence-corrected chi connectivity index (χ2v) is 6.28. The van der Waals surface area contributed by atoms with E-state index in [1.54, 1.807) is 45.9 Å². The number of aryl methyl sites for hydroxylation is 3. The van der Waals surface area contributed by atoms with Gasteiger partial charge in [0, 0.05) is 5.56 Å². The van der Waals surface area contributed by atoms with Crippen molar-refractivity contribution in [2.75, 3.05) is 7.11 Å². The number of rotatable bonds is 5. The van der Waals surface area contributed by atoms with Gasteiger partial charge in [-0.1, -0.05) is 6.08 Å². The Morgan fingerprint density at radius 3 is 2.08 bits per heavy atom. The molecule has 0 spiro atoms. The van der Waals surface area contributed by atoms with E-state index >= 15 is 0 Å². The smallest absolute Gasteiger partial charge is 0.336 e. The minimum Gasteiger partial charge on any atom is -0.507 e. The molecule has 136 valence electrons. The molecule has 0 amide bonds. The van der Waals surface area contributed by atoms with E-state index in [-0.39, 0.29) is 22.8 Å². The highest BCUT2D eigenvalue weighted by Gasteiger charge is 2.21. The largest absolute Gasteiger partial charge is 0.507 e. The summed E-state index contributed by atoms with van der Waals surface area (Å²) in [6, 6.07) is 5.11. The molecule has 0 fully saturated rings. The van der Waals surface area contributed by atoms with Crippen LogP contribution in [0.15, 0.2) is 24.3 Å². The maximum absolute atomic E-state index is 12.7. The number of carboxylic acid groups (broad SMARTS) is 1. The van der Waals surface area contributed by atoms with Gasteiger partial charge in [-0.05, 0) is 74.2 Å². The van der Waals surface area contributed by atoms with Gasteiger partial charge in [0.2, 0.25) is 0 Å². The molecule has 0 aliphatic carbocycles. The molecule has 26 heavy (non-hydrogen) atoms. The summed E-state index contributed by atoms with van der Waals surface area (Å²) >= 11 is 0. The van der Waals surface area contributed by atoms with Crippen molar-refractivity contribution in [3.8, 4) is 11.5 Å². The fourth-order valence-corrected chi connectivity index (χ4v) is 3.09. The van der Waals surface area contributed by atoms with Crippen LogP contribution in [-0.2, 0) is 0 Å². The Morgan fingerprint density at radius 2 is 1.58 bits per heavy atom. The van der Waals surface area contributed by atoms with E-state index < -0.39 is 5.97 Å². The number of ether oxygens (including phenoxy) is 1. The lowest BCUT2D eigenvalue weighted by atomic mass is 9.95. The predicted octanol–water partition coefficient (Wildman–Crippen LogP) is 4.23. The van der Waals surface area contributed by atoms with Gasteiger partial charge in [0.1, 0.15) is 11.5 Å². The van der Waals surface area contributed by atoms with E-state index in [0.29, 0.717) is 16.7 Å². The van der Waals surface area contributed by atoms with Crippen molar-refractivity contribution in [2.24, 2.45) is 0 Å². The number of hydrogen-bond donors (Lipinski definition) is 2. The van der Waals surface area contributed by atoms with Crippen LogP contribution in [-0.4, -0.2) is 29.1 Å². The highest BCUT2D eigenvalue weighted by molar-refractivity contribution is 6.10. The molecule has 2 N–H and O–H groups in total. The topological polar surface area (TPSA) is 83.8 Å². The summed E-state index contributed by atoms with van der Waals surface area (Å²) in [7, 11) is 1.41. The molecule has 5 heteroatoms. The van der Waals surface area contributed by atoms with Crippen molar-refractivity contribution in [3.05, 3.63) is 63.2 Å². The zero-order valence-electron chi connectivity index (χ0n) is 15.5. The Balaban J connectivity index is 2.46. The van der Waals surface area contributed by atoms with Crippen LogP contribution in [0.25, 0.3) is 6.08 Å². The second-order valence-electron chi connectivity index (χ2n) is 6.28. The summed E-state index contributed by atoms with van der Waals surface area (Å²) in [6.07, 6.45) is 3.08. The van der Waals surface area contributed by atoms with E-state index in [1.165, 1.54) is 19.3 Å². The van der Waals surface area contributed by atoms with Crippen molar-refractivity contribution in [3.63, 3.8) is 0 Å². The first-order chi connectivity index (χ1) is 12.2. The Bertz CT molecular complexity index is 899. The van der Waals surface area contributed by atoms with Crippen LogP contribution in [0.3, 0.4) is 0 Å². The molecule has 0 atom stereocenters. The molecule has 0 unspecified atom stereocenters. The Morgan fingerprint density at radius 1 is 1.00 bits per heavy atom. The van der Waals surface area contributed by atoms with Gasteiger partial charge in [-0.2, -0.15) is 0 Å². The first-order valence-corrected chi connectivity index (χ1v) is 8.11. The lowest BCUT2D eigenvalue weighted by Gasteiger charge is -2.14. The van der Waals surface area contributed by atoms with Crippen molar-refractivity contribution in [2.45, 2.75) is 27.7 Å². The third-order valence-electron chi connectivity index (χ3n) is 4.34. The van der Waals surface area contributed by atoms with Crippen LogP contribution in [0.5, 0.6) is 11.5 Å². The fraction of sp³-hybridized carbons (Fsp3) is 0.238. The van der Waals surface area contributed by atoms with E-state index in [4.69, 9.17) is 4.74 Å². The average molecular weight is 354 g/mol. The summed E-state index contributed by atoms with van der Waals surface area (Å²) < 4.78 is 5.30. The van der Waals surface area contributed by atoms with Gasteiger partial charge in [0.05, 0.1) is 18.2 Å². The Hall–Kier alpha value is -3.08. The number of carboxylic acids is 1. The van der Waals surface area contributed by atoms with Crippen LogP contribution in [0, 0.1) is 27.7 Å². The molecule has 0 saturated carbocycles. The van der Waals surface area contributed by atoms with Crippen LogP contribution in [0.4, 0.5) is 0 Å². The van der Waals surface area contributed by atoms with Gasteiger partial charge < -0.3 is 14.9 Å². The van der Waals surface area contributed by atoms with E-state index in [9.17, 15) is 19.8 Å². The van der Waals surface area contributed by atoms with Crippen molar-refractivity contribution in [1.82, 2.24) is 0 Å². The van der Waals surface area contributed by atoms with Gasteiger partial charge in [0.15, 0.2) is 5.78 Å². The van der Waals surface area contributed by atoms with E-state index in [0.717, 1.165) is 16.7 Å². The molecule has 0 aliphatic rings. The number of ketones is 1. The first-order valence-electron chi connectivity index (χ1n) is 8.11. The summed E-state index contributed by atoms with van der Waals surface area (Å²) in [4.78, 5) is 24.1. The summed E-state index contributed by atoms with van der Waals surface area (Å²) in [5.74, 6) is -0.831. The van der Waals surface area contributed by atoms with Gasteiger partial charge in [-0.3, -0.25) is 4.79 Å². The highest BCUT2D eigenvalue weighted by Crippen LogP contribution is 2.30. The summed E-state index contributed by atoms with van der Waals surface area (Å²) in [6.45, 7) is 6.87. The number of aromatic carboxylic acids is 1. The molecule has 0 heterocycles. The Labute approximate surface area is 152 Å². The number of phenolic OH excluding ortho intramolecular Hbond substituents is 1. The molecular formula is C21H22O5. The zero-order valence-corrected chi connectivity index (χ0v) is 15.5. The molecule has 2 rings (SSSR count). The van der Waals surface area contributed by atoms with E-state index in [1.807, 2.05) is 0 Å². The number of carbonyl (C=O) groups excluding carboxylic acids is 1. The molecular weight excluding hydrogens is 332 g/mol. The SMILES string of the molecule is COc1c(C(=O)C=Cc2cc(C)c(O)c(C)c2)cc(C)c(C(=O)O)c1C. The monoisotopic (exact) mass is 354 g/mol. The normalized spacial score (nSPS) is 11.0. The number of allylic oxidation sites excluding steroid dienone is 1. The Kier molecular flexibility index (Phi) is 5.50. The molecule has 0 saturated heterocycles. The average Bonchev–Trinajstić information content (AvgIpc) is 2.56.